The zero-order valence-corrected chi connectivity index (χ0v) is 15.4. The van der Waals surface area contributed by atoms with Crippen LogP contribution >= 0.6 is 0 Å². The number of hydrogen-bond donors (Lipinski definition) is 2. The van der Waals surface area contributed by atoms with E-state index in [1.54, 1.807) is 30.1 Å². The van der Waals surface area contributed by atoms with Gasteiger partial charge in [0.15, 0.2) is 0 Å². The third-order valence-corrected chi connectivity index (χ3v) is 5.02. The number of hydrogen-bond acceptors (Lipinski definition) is 3. The van der Waals surface area contributed by atoms with E-state index in [4.69, 9.17) is 0 Å². The van der Waals surface area contributed by atoms with E-state index < -0.39 is 0 Å². The summed E-state index contributed by atoms with van der Waals surface area (Å²) < 4.78 is 15.2. The first-order chi connectivity index (χ1) is 12.9. The Morgan fingerprint density at radius 1 is 1.37 bits per heavy atom. The van der Waals surface area contributed by atoms with Gasteiger partial charge in [0.25, 0.3) is 11.5 Å². The molecule has 1 aliphatic rings. The first-order valence-electron chi connectivity index (χ1n) is 8.95. The van der Waals surface area contributed by atoms with Crippen LogP contribution in [0.25, 0.3) is 0 Å². The lowest BCUT2D eigenvalue weighted by Crippen LogP contribution is -2.56. The summed E-state index contributed by atoms with van der Waals surface area (Å²) in [5.41, 5.74) is 0.431. The van der Waals surface area contributed by atoms with Gasteiger partial charge in [-0.05, 0) is 24.0 Å². The molecule has 1 aromatic carbocycles. The average molecular weight is 374 g/mol. The van der Waals surface area contributed by atoms with Gasteiger partial charge in [-0.25, -0.2) is 4.39 Å². The lowest BCUT2D eigenvalue weighted by atomic mass is 9.94. The van der Waals surface area contributed by atoms with Crippen LogP contribution in [0.2, 0.25) is 0 Å². The van der Waals surface area contributed by atoms with E-state index >= 15 is 0 Å². The van der Waals surface area contributed by atoms with E-state index in [-0.39, 0.29) is 47.3 Å². The normalized spacial score (nSPS) is 17.3. The quantitative estimate of drug-likeness (QED) is 0.801. The van der Waals surface area contributed by atoms with Gasteiger partial charge in [-0.2, -0.15) is 0 Å². The fourth-order valence-electron chi connectivity index (χ4n) is 3.34. The van der Waals surface area contributed by atoms with E-state index in [0.717, 1.165) is 6.42 Å². The molecule has 2 aromatic rings. The summed E-state index contributed by atoms with van der Waals surface area (Å²) in [5, 5.41) is 5.24. The van der Waals surface area contributed by atoms with E-state index in [0.29, 0.717) is 18.7 Å². The van der Waals surface area contributed by atoms with Crippen molar-refractivity contribution in [3.05, 3.63) is 57.8 Å². The summed E-state index contributed by atoms with van der Waals surface area (Å²) in [6, 6.07) is 7.63. The fourth-order valence-corrected chi connectivity index (χ4v) is 3.34. The zero-order valence-electron chi connectivity index (χ0n) is 15.4. The molecule has 27 heavy (non-hydrogen) atoms. The van der Waals surface area contributed by atoms with Gasteiger partial charge >= 0.3 is 0 Å². The van der Waals surface area contributed by atoms with Crippen LogP contribution in [0.1, 0.15) is 41.7 Å². The van der Waals surface area contributed by atoms with E-state index in [2.05, 4.69) is 10.4 Å². The Balaban J connectivity index is 1.53. The number of aromatic amines is 1. The molecule has 7 nitrogen and oxygen atoms in total. The third-order valence-electron chi connectivity index (χ3n) is 5.02. The van der Waals surface area contributed by atoms with Crippen LogP contribution in [-0.2, 0) is 11.8 Å². The highest BCUT2D eigenvalue weighted by atomic mass is 19.1. The number of amides is 2. The number of likely N-dealkylation sites (tertiary alicyclic amines) is 1. The summed E-state index contributed by atoms with van der Waals surface area (Å²) in [6.07, 6.45) is 1.02. The number of benzene rings is 1. The van der Waals surface area contributed by atoms with Gasteiger partial charge in [0, 0.05) is 32.6 Å². The average Bonchev–Trinajstić information content (AvgIpc) is 2.92. The van der Waals surface area contributed by atoms with Crippen molar-refractivity contribution < 1.29 is 14.0 Å². The summed E-state index contributed by atoms with van der Waals surface area (Å²) in [5.74, 6) is -0.938. The predicted molar refractivity (Wildman–Crippen MR) is 97.9 cm³/mol. The first-order valence-corrected chi connectivity index (χ1v) is 8.95. The molecule has 1 fully saturated rings. The van der Waals surface area contributed by atoms with Gasteiger partial charge in [0.2, 0.25) is 5.91 Å². The van der Waals surface area contributed by atoms with Crippen LogP contribution in [0.15, 0.2) is 35.1 Å². The van der Waals surface area contributed by atoms with Crippen LogP contribution in [0.5, 0.6) is 0 Å². The Morgan fingerprint density at radius 2 is 2.11 bits per heavy atom. The number of H-pyrrole nitrogens is 1. The number of carbonyl (C=O) groups excluding carboxylic acids is 2. The maximum Gasteiger partial charge on any atom is 0.269 e. The second kappa shape index (κ2) is 7.77. The molecule has 0 radical (unpaired) electrons. The largest absolute Gasteiger partial charge is 0.349 e. The van der Waals surface area contributed by atoms with E-state index in [1.165, 1.54) is 16.8 Å². The molecule has 0 spiro atoms. The highest BCUT2D eigenvalue weighted by Crippen LogP contribution is 2.25. The molecule has 3 rings (SSSR count). The van der Waals surface area contributed by atoms with Crippen molar-refractivity contribution >= 4 is 11.8 Å². The third kappa shape index (κ3) is 4.10. The molecule has 0 aliphatic carbocycles. The molecule has 2 atom stereocenters. The first kappa shape index (κ1) is 18.9. The fraction of sp³-hybridized carbons (Fsp3) is 0.421. The molecule has 1 aliphatic heterocycles. The van der Waals surface area contributed by atoms with Crippen LogP contribution in [-0.4, -0.2) is 45.6 Å². The van der Waals surface area contributed by atoms with Crippen molar-refractivity contribution in [1.29, 1.82) is 0 Å². The lowest BCUT2D eigenvalue weighted by molar-refractivity contribution is -0.139. The Morgan fingerprint density at radius 3 is 2.70 bits per heavy atom. The summed E-state index contributed by atoms with van der Waals surface area (Å²) >= 11 is 0. The number of aryl methyl sites for hydroxylation is 1. The number of carbonyl (C=O) groups is 2. The van der Waals surface area contributed by atoms with Crippen molar-refractivity contribution in [3.63, 3.8) is 0 Å². The SMILES string of the molecule is CC(CC(=O)N1CCC1CNC(=O)c1cc(=O)[nH]n1C)c1ccccc1F. The standard InChI is InChI=1S/C19H23FN4O3/c1-12(14-5-3-4-6-15(14)20)9-18(26)24-8-7-13(24)11-21-19(27)16-10-17(25)22-23(16)2/h3-6,10,12-13H,7-9,11H2,1-2H3,(H,21,27)(H,22,25). The van der Waals surface area contributed by atoms with Gasteiger partial charge in [0.1, 0.15) is 11.5 Å². The number of rotatable bonds is 6. The van der Waals surface area contributed by atoms with Gasteiger partial charge in [-0.1, -0.05) is 25.1 Å². The number of nitrogens with zero attached hydrogens (tertiary/aromatic N) is 2. The Kier molecular flexibility index (Phi) is 5.43. The van der Waals surface area contributed by atoms with E-state index in [9.17, 15) is 18.8 Å². The maximum atomic E-state index is 13.9. The number of nitrogens with one attached hydrogen (secondary N) is 2. The molecule has 1 aromatic heterocycles. The molecule has 2 unspecified atom stereocenters. The summed E-state index contributed by atoms with van der Waals surface area (Å²) in [7, 11) is 1.58. The molecule has 0 bridgehead atoms. The second-order valence-corrected chi connectivity index (χ2v) is 6.93. The highest BCUT2D eigenvalue weighted by Gasteiger charge is 2.33. The van der Waals surface area contributed by atoms with Crippen LogP contribution in [0.4, 0.5) is 4.39 Å². The molecule has 2 heterocycles. The second-order valence-electron chi connectivity index (χ2n) is 6.93. The molecule has 0 saturated carbocycles. The van der Waals surface area contributed by atoms with Crippen molar-refractivity contribution in [2.45, 2.75) is 31.7 Å². The van der Waals surface area contributed by atoms with Crippen LogP contribution in [0.3, 0.4) is 0 Å². The minimum atomic E-state index is -0.366. The van der Waals surface area contributed by atoms with E-state index in [1.807, 2.05) is 6.92 Å². The molecule has 8 heteroatoms. The van der Waals surface area contributed by atoms with Crippen molar-refractivity contribution in [3.8, 4) is 0 Å². The van der Waals surface area contributed by atoms with Gasteiger partial charge in [-0.15, -0.1) is 0 Å². The maximum absolute atomic E-state index is 13.9. The summed E-state index contributed by atoms with van der Waals surface area (Å²) in [6.45, 7) is 2.78. The Bertz CT molecular complexity index is 904. The summed E-state index contributed by atoms with van der Waals surface area (Å²) in [4.78, 5) is 37.7. The Hall–Kier alpha value is -2.90. The van der Waals surface area contributed by atoms with Crippen LogP contribution < -0.4 is 10.9 Å². The zero-order chi connectivity index (χ0) is 19.6. The minimum absolute atomic E-state index is 0.0507. The monoisotopic (exact) mass is 374 g/mol. The molecule has 2 amide bonds. The van der Waals surface area contributed by atoms with Gasteiger partial charge in [-0.3, -0.25) is 24.2 Å². The van der Waals surface area contributed by atoms with Gasteiger partial charge in [0.05, 0.1) is 6.04 Å². The molecule has 2 N–H and O–H groups in total. The van der Waals surface area contributed by atoms with Gasteiger partial charge < -0.3 is 10.2 Å². The molecular formula is C19H23FN4O3. The smallest absolute Gasteiger partial charge is 0.269 e. The number of halogens is 1. The highest BCUT2D eigenvalue weighted by molar-refractivity contribution is 5.92. The molecular weight excluding hydrogens is 351 g/mol. The Labute approximate surface area is 156 Å². The molecule has 1 saturated heterocycles. The minimum Gasteiger partial charge on any atom is -0.349 e. The van der Waals surface area contributed by atoms with Crippen LogP contribution in [0, 0.1) is 5.82 Å². The lowest BCUT2D eigenvalue weighted by Gasteiger charge is -2.41. The topological polar surface area (TPSA) is 87.2 Å². The number of aromatic nitrogens is 2. The van der Waals surface area contributed by atoms with Crippen molar-refractivity contribution in [1.82, 2.24) is 20.0 Å². The van der Waals surface area contributed by atoms with Crippen molar-refractivity contribution in [2.75, 3.05) is 13.1 Å². The predicted octanol–water partition coefficient (Wildman–Crippen LogP) is 1.38. The molecule has 144 valence electrons. The van der Waals surface area contributed by atoms with Crippen molar-refractivity contribution in [2.24, 2.45) is 7.05 Å².